The lowest BCUT2D eigenvalue weighted by Gasteiger charge is -2.14. The van der Waals surface area contributed by atoms with E-state index in [4.69, 9.17) is 9.47 Å². The molecular weight excluding hydrogens is 352 g/mol. The first-order chi connectivity index (χ1) is 10.3. The predicted molar refractivity (Wildman–Crippen MR) is 87.0 cm³/mol. The standard InChI is InChI=1S/C15H17BrN2O2S/c1-19-13-7-10(8-18-11-2-3-11)6-12(16)15(13)20-9-14-17-4-5-21-14/h4-7,11,18H,2-3,8-9H2,1H3. The molecule has 0 radical (unpaired) electrons. The number of benzene rings is 1. The van der Waals surface area contributed by atoms with Gasteiger partial charge in [0.1, 0.15) is 11.6 Å². The third-order valence-corrected chi connectivity index (χ3v) is 4.63. The highest BCUT2D eigenvalue weighted by Crippen LogP contribution is 2.37. The van der Waals surface area contributed by atoms with Crippen LogP contribution in [0.5, 0.6) is 11.5 Å². The van der Waals surface area contributed by atoms with Crippen molar-refractivity contribution < 1.29 is 9.47 Å². The number of aromatic nitrogens is 1. The molecule has 1 saturated carbocycles. The molecule has 1 aliphatic carbocycles. The first-order valence-corrected chi connectivity index (χ1v) is 8.54. The average Bonchev–Trinajstić information content (AvgIpc) is 3.17. The summed E-state index contributed by atoms with van der Waals surface area (Å²) in [5.41, 5.74) is 1.19. The van der Waals surface area contributed by atoms with E-state index in [1.807, 2.05) is 11.4 Å². The van der Waals surface area contributed by atoms with E-state index in [0.29, 0.717) is 12.6 Å². The number of rotatable bonds is 7. The van der Waals surface area contributed by atoms with Crippen LogP contribution in [0.4, 0.5) is 0 Å². The first kappa shape index (κ1) is 14.8. The molecule has 6 heteroatoms. The zero-order valence-corrected chi connectivity index (χ0v) is 14.2. The largest absolute Gasteiger partial charge is 0.493 e. The molecule has 112 valence electrons. The second-order valence-electron chi connectivity index (χ2n) is 4.98. The Bertz CT molecular complexity index is 600. The average molecular weight is 369 g/mol. The number of thiazole rings is 1. The fourth-order valence-electron chi connectivity index (χ4n) is 2.02. The Hall–Kier alpha value is -1.11. The van der Waals surface area contributed by atoms with Gasteiger partial charge in [-0.3, -0.25) is 0 Å². The van der Waals surface area contributed by atoms with Gasteiger partial charge in [-0.1, -0.05) is 0 Å². The van der Waals surface area contributed by atoms with Gasteiger partial charge in [0.25, 0.3) is 0 Å². The molecule has 4 nitrogen and oxygen atoms in total. The second kappa shape index (κ2) is 6.77. The maximum atomic E-state index is 5.85. The van der Waals surface area contributed by atoms with Crippen molar-refractivity contribution in [2.45, 2.75) is 32.0 Å². The van der Waals surface area contributed by atoms with Gasteiger partial charge in [0.2, 0.25) is 0 Å². The van der Waals surface area contributed by atoms with Crippen LogP contribution >= 0.6 is 27.3 Å². The van der Waals surface area contributed by atoms with Crippen LogP contribution in [-0.2, 0) is 13.2 Å². The zero-order chi connectivity index (χ0) is 14.7. The highest BCUT2D eigenvalue weighted by molar-refractivity contribution is 9.10. The minimum absolute atomic E-state index is 0.451. The molecule has 0 unspecified atom stereocenters. The molecule has 0 amide bonds. The molecule has 0 bridgehead atoms. The third kappa shape index (κ3) is 3.96. The van der Waals surface area contributed by atoms with Gasteiger partial charge >= 0.3 is 0 Å². The molecule has 0 atom stereocenters. The summed E-state index contributed by atoms with van der Waals surface area (Å²) < 4.78 is 12.2. The molecule has 0 spiro atoms. The van der Waals surface area contributed by atoms with Gasteiger partial charge < -0.3 is 14.8 Å². The Labute approximate surface area is 136 Å². The number of hydrogen-bond acceptors (Lipinski definition) is 5. The maximum Gasteiger partial charge on any atom is 0.175 e. The van der Waals surface area contributed by atoms with Crippen molar-refractivity contribution in [3.63, 3.8) is 0 Å². The Balaban J connectivity index is 1.71. The molecule has 1 N–H and O–H groups in total. The number of nitrogens with one attached hydrogen (secondary N) is 1. The summed E-state index contributed by atoms with van der Waals surface area (Å²) >= 11 is 5.16. The van der Waals surface area contributed by atoms with E-state index in [1.165, 1.54) is 18.4 Å². The quantitative estimate of drug-likeness (QED) is 0.808. The second-order valence-corrected chi connectivity index (χ2v) is 6.81. The minimum atomic E-state index is 0.451. The molecule has 1 aromatic carbocycles. The highest BCUT2D eigenvalue weighted by atomic mass is 79.9. The van der Waals surface area contributed by atoms with Crippen molar-refractivity contribution in [2.75, 3.05) is 7.11 Å². The predicted octanol–water partition coefficient (Wildman–Crippen LogP) is 3.75. The molecule has 1 heterocycles. The number of hydrogen-bond donors (Lipinski definition) is 1. The number of methoxy groups -OCH3 is 1. The SMILES string of the molecule is COc1cc(CNC2CC2)cc(Br)c1OCc1nccs1. The topological polar surface area (TPSA) is 43.4 Å². The summed E-state index contributed by atoms with van der Waals surface area (Å²) in [7, 11) is 1.66. The third-order valence-electron chi connectivity index (χ3n) is 3.28. The van der Waals surface area contributed by atoms with E-state index in [9.17, 15) is 0 Å². The van der Waals surface area contributed by atoms with Crippen LogP contribution in [0.2, 0.25) is 0 Å². The summed E-state index contributed by atoms with van der Waals surface area (Å²) in [5.74, 6) is 1.47. The van der Waals surface area contributed by atoms with Crippen molar-refractivity contribution >= 4 is 27.3 Å². The molecule has 21 heavy (non-hydrogen) atoms. The molecule has 1 aromatic heterocycles. The molecular formula is C15H17BrN2O2S. The summed E-state index contributed by atoms with van der Waals surface area (Å²) in [4.78, 5) is 4.22. The van der Waals surface area contributed by atoms with Crippen molar-refractivity contribution in [3.8, 4) is 11.5 Å². The van der Waals surface area contributed by atoms with Crippen LogP contribution in [-0.4, -0.2) is 18.1 Å². The summed E-state index contributed by atoms with van der Waals surface area (Å²) in [5, 5.41) is 6.39. The molecule has 3 rings (SSSR count). The fourth-order valence-corrected chi connectivity index (χ4v) is 3.15. The minimum Gasteiger partial charge on any atom is -0.493 e. The van der Waals surface area contributed by atoms with E-state index < -0.39 is 0 Å². The first-order valence-electron chi connectivity index (χ1n) is 6.87. The van der Waals surface area contributed by atoms with Crippen LogP contribution in [0, 0.1) is 0 Å². The fraction of sp³-hybridized carbons (Fsp3) is 0.400. The number of halogens is 1. The molecule has 0 aliphatic heterocycles. The van der Waals surface area contributed by atoms with Gasteiger partial charge in [0, 0.05) is 24.2 Å². The Morgan fingerprint density at radius 3 is 2.95 bits per heavy atom. The monoisotopic (exact) mass is 368 g/mol. The lowest BCUT2D eigenvalue weighted by molar-refractivity contribution is 0.282. The lowest BCUT2D eigenvalue weighted by Crippen LogP contribution is -2.15. The van der Waals surface area contributed by atoms with E-state index in [1.54, 1.807) is 24.6 Å². The van der Waals surface area contributed by atoms with Crippen LogP contribution in [0.25, 0.3) is 0 Å². The zero-order valence-electron chi connectivity index (χ0n) is 11.8. The Morgan fingerprint density at radius 1 is 1.43 bits per heavy atom. The van der Waals surface area contributed by atoms with Crippen LogP contribution < -0.4 is 14.8 Å². The summed E-state index contributed by atoms with van der Waals surface area (Å²) in [6, 6.07) is 4.79. The van der Waals surface area contributed by atoms with E-state index >= 15 is 0 Å². The van der Waals surface area contributed by atoms with Gasteiger partial charge in [-0.15, -0.1) is 11.3 Å². The van der Waals surface area contributed by atoms with E-state index in [2.05, 4.69) is 32.3 Å². The van der Waals surface area contributed by atoms with Crippen LogP contribution in [0.3, 0.4) is 0 Å². The Kier molecular flexibility index (Phi) is 4.77. The van der Waals surface area contributed by atoms with Crippen molar-refractivity contribution in [1.82, 2.24) is 10.3 Å². The molecule has 1 aliphatic rings. The smallest absolute Gasteiger partial charge is 0.175 e. The van der Waals surface area contributed by atoms with Crippen molar-refractivity contribution in [1.29, 1.82) is 0 Å². The lowest BCUT2D eigenvalue weighted by atomic mass is 10.2. The number of ether oxygens (including phenoxy) is 2. The molecule has 1 fully saturated rings. The Morgan fingerprint density at radius 2 is 2.29 bits per heavy atom. The van der Waals surface area contributed by atoms with Crippen LogP contribution in [0.15, 0.2) is 28.2 Å². The van der Waals surface area contributed by atoms with Gasteiger partial charge in [-0.25, -0.2) is 4.98 Å². The molecule has 2 aromatic rings. The van der Waals surface area contributed by atoms with Gasteiger partial charge in [-0.05, 0) is 46.5 Å². The number of nitrogens with zero attached hydrogens (tertiary/aromatic N) is 1. The van der Waals surface area contributed by atoms with Crippen LogP contribution in [0.1, 0.15) is 23.4 Å². The van der Waals surface area contributed by atoms with E-state index in [0.717, 1.165) is 27.5 Å². The van der Waals surface area contributed by atoms with E-state index in [-0.39, 0.29) is 0 Å². The van der Waals surface area contributed by atoms with Gasteiger partial charge in [0.05, 0.1) is 11.6 Å². The van der Waals surface area contributed by atoms with Crippen molar-refractivity contribution in [2.24, 2.45) is 0 Å². The maximum absolute atomic E-state index is 5.85. The molecule has 0 saturated heterocycles. The normalized spacial score (nSPS) is 14.2. The summed E-state index contributed by atoms with van der Waals surface area (Å²) in [6.07, 6.45) is 4.35. The highest BCUT2D eigenvalue weighted by Gasteiger charge is 2.20. The van der Waals surface area contributed by atoms with Gasteiger partial charge in [0.15, 0.2) is 11.5 Å². The summed E-state index contributed by atoms with van der Waals surface area (Å²) in [6.45, 7) is 1.30. The van der Waals surface area contributed by atoms with Crippen molar-refractivity contribution in [3.05, 3.63) is 38.8 Å². The van der Waals surface area contributed by atoms with Gasteiger partial charge in [-0.2, -0.15) is 0 Å².